The highest BCUT2D eigenvalue weighted by Crippen LogP contribution is 2.28. The van der Waals surface area contributed by atoms with Gasteiger partial charge in [-0.1, -0.05) is 30.3 Å². The van der Waals surface area contributed by atoms with Crippen molar-refractivity contribution in [1.29, 1.82) is 0 Å². The van der Waals surface area contributed by atoms with Crippen LogP contribution in [0.1, 0.15) is 30.8 Å². The fourth-order valence-electron chi connectivity index (χ4n) is 4.26. The molecule has 1 N–H and O–H groups in total. The molecule has 2 fully saturated rings. The third-order valence-corrected chi connectivity index (χ3v) is 5.80. The molecular formula is C21H27N3O2. The van der Waals surface area contributed by atoms with Gasteiger partial charge >= 0.3 is 0 Å². The van der Waals surface area contributed by atoms with Gasteiger partial charge in [-0.15, -0.1) is 0 Å². The van der Waals surface area contributed by atoms with Crippen LogP contribution in [0.3, 0.4) is 0 Å². The lowest BCUT2D eigenvalue weighted by atomic mass is 9.92. The number of fused-ring (bicyclic) bond motifs is 1. The number of amides is 1. The molecule has 4 rings (SSSR count). The first kappa shape index (κ1) is 17.3. The number of aryl methyl sites for hydroxylation is 2. The van der Waals surface area contributed by atoms with E-state index < -0.39 is 0 Å². The third kappa shape index (κ3) is 3.68. The van der Waals surface area contributed by atoms with Gasteiger partial charge in [0.2, 0.25) is 5.91 Å². The first-order chi connectivity index (χ1) is 12.7. The van der Waals surface area contributed by atoms with Gasteiger partial charge in [-0.05, 0) is 44.7 Å². The summed E-state index contributed by atoms with van der Waals surface area (Å²) in [4.78, 5) is 19.2. The zero-order chi connectivity index (χ0) is 17.9. The van der Waals surface area contributed by atoms with Crippen LogP contribution >= 0.6 is 0 Å². The standard InChI is InChI=1S/C21H27N3O2/c1-15-21(16-5-3-2-4-6-16)26-19(23-15)7-8-20(25)24-11-9-17-13-22-14-18(17)10-12-24/h2-6,17-18,22H,7-14H2,1H3/t17-,18+. The van der Waals surface area contributed by atoms with Crippen molar-refractivity contribution >= 4 is 5.91 Å². The zero-order valence-electron chi connectivity index (χ0n) is 15.4. The molecule has 2 aromatic rings. The maximum Gasteiger partial charge on any atom is 0.223 e. The Balaban J connectivity index is 1.35. The number of nitrogens with zero attached hydrogens (tertiary/aromatic N) is 2. The molecule has 138 valence electrons. The van der Waals surface area contributed by atoms with Crippen LogP contribution in [0.4, 0.5) is 0 Å². The largest absolute Gasteiger partial charge is 0.440 e. The molecule has 0 bridgehead atoms. The number of carbonyl (C=O) groups excluding carboxylic acids is 1. The Morgan fingerprint density at radius 2 is 1.88 bits per heavy atom. The van der Waals surface area contributed by atoms with Crippen LogP contribution in [-0.4, -0.2) is 42.0 Å². The van der Waals surface area contributed by atoms with Crippen molar-refractivity contribution in [3.8, 4) is 11.3 Å². The Morgan fingerprint density at radius 1 is 1.19 bits per heavy atom. The van der Waals surface area contributed by atoms with Crippen molar-refractivity contribution < 1.29 is 9.21 Å². The van der Waals surface area contributed by atoms with Crippen LogP contribution in [0.5, 0.6) is 0 Å². The van der Waals surface area contributed by atoms with Crippen LogP contribution in [0.2, 0.25) is 0 Å². The molecule has 0 spiro atoms. The molecule has 0 unspecified atom stereocenters. The van der Waals surface area contributed by atoms with Crippen LogP contribution in [0, 0.1) is 18.8 Å². The second kappa shape index (κ2) is 7.62. The summed E-state index contributed by atoms with van der Waals surface area (Å²) in [6.45, 7) is 5.97. The number of oxazole rings is 1. The second-order valence-corrected chi connectivity index (χ2v) is 7.52. The molecule has 5 heteroatoms. The molecule has 2 saturated heterocycles. The quantitative estimate of drug-likeness (QED) is 0.918. The summed E-state index contributed by atoms with van der Waals surface area (Å²) in [6.07, 6.45) is 3.29. The number of rotatable bonds is 4. The molecule has 0 radical (unpaired) electrons. The van der Waals surface area contributed by atoms with E-state index in [1.54, 1.807) is 0 Å². The monoisotopic (exact) mass is 353 g/mol. The smallest absolute Gasteiger partial charge is 0.223 e. The van der Waals surface area contributed by atoms with Crippen LogP contribution in [0.15, 0.2) is 34.7 Å². The Morgan fingerprint density at radius 3 is 2.58 bits per heavy atom. The molecule has 26 heavy (non-hydrogen) atoms. The number of carbonyl (C=O) groups is 1. The molecule has 0 aliphatic carbocycles. The summed E-state index contributed by atoms with van der Waals surface area (Å²) >= 11 is 0. The molecular weight excluding hydrogens is 326 g/mol. The molecule has 1 aromatic heterocycles. The molecule has 2 aliphatic heterocycles. The van der Waals surface area contributed by atoms with Gasteiger partial charge in [0.1, 0.15) is 0 Å². The minimum atomic E-state index is 0.232. The van der Waals surface area contributed by atoms with Crippen LogP contribution in [0.25, 0.3) is 11.3 Å². The molecule has 5 nitrogen and oxygen atoms in total. The maximum absolute atomic E-state index is 12.6. The first-order valence-electron chi connectivity index (χ1n) is 9.71. The summed E-state index contributed by atoms with van der Waals surface area (Å²) < 4.78 is 5.93. The summed E-state index contributed by atoms with van der Waals surface area (Å²) in [5.74, 6) is 3.19. The summed E-state index contributed by atoms with van der Waals surface area (Å²) in [7, 11) is 0. The van der Waals surface area contributed by atoms with Gasteiger partial charge in [0.15, 0.2) is 11.7 Å². The van der Waals surface area contributed by atoms with Crippen LogP contribution < -0.4 is 5.32 Å². The Hall–Kier alpha value is -2.14. The summed E-state index contributed by atoms with van der Waals surface area (Å²) in [6, 6.07) is 10.0. The van der Waals surface area contributed by atoms with E-state index in [0.717, 1.165) is 67.9 Å². The van der Waals surface area contributed by atoms with E-state index in [0.29, 0.717) is 18.7 Å². The van der Waals surface area contributed by atoms with Gasteiger partial charge in [-0.2, -0.15) is 0 Å². The van der Waals surface area contributed by atoms with Gasteiger partial charge in [0, 0.05) is 31.5 Å². The molecule has 1 aromatic carbocycles. The van der Waals surface area contributed by atoms with Gasteiger partial charge in [-0.3, -0.25) is 4.79 Å². The fourth-order valence-corrected chi connectivity index (χ4v) is 4.26. The number of aromatic nitrogens is 1. The molecule has 2 aliphatic rings. The number of likely N-dealkylation sites (tertiary alicyclic amines) is 1. The fraction of sp³-hybridized carbons (Fsp3) is 0.524. The highest BCUT2D eigenvalue weighted by Gasteiger charge is 2.31. The maximum atomic E-state index is 12.6. The van der Waals surface area contributed by atoms with E-state index in [-0.39, 0.29) is 5.91 Å². The minimum absolute atomic E-state index is 0.232. The first-order valence-corrected chi connectivity index (χ1v) is 9.71. The van der Waals surface area contributed by atoms with Gasteiger partial charge in [-0.25, -0.2) is 4.98 Å². The normalized spacial score (nSPS) is 22.9. The van der Waals surface area contributed by atoms with E-state index >= 15 is 0 Å². The van der Waals surface area contributed by atoms with Crippen molar-refractivity contribution in [2.75, 3.05) is 26.2 Å². The number of benzene rings is 1. The lowest BCUT2D eigenvalue weighted by molar-refractivity contribution is -0.131. The summed E-state index contributed by atoms with van der Waals surface area (Å²) in [5.41, 5.74) is 1.91. The SMILES string of the molecule is Cc1nc(CCC(=O)N2CC[C@@H]3CNC[C@@H]3CC2)oc1-c1ccccc1. The predicted molar refractivity (Wildman–Crippen MR) is 101 cm³/mol. The van der Waals surface area contributed by atoms with Crippen molar-refractivity contribution in [3.63, 3.8) is 0 Å². The van der Waals surface area contributed by atoms with Gasteiger partial charge in [0.05, 0.1) is 5.69 Å². The van der Waals surface area contributed by atoms with Crippen molar-refractivity contribution in [3.05, 3.63) is 41.9 Å². The van der Waals surface area contributed by atoms with E-state index in [9.17, 15) is 4.79 Å². The predicted octanol–water partition coefficient (Wildman–Crippen LogP) is 3.04. The average Bonchev–Trinajstić information content (AvgIpc) is 3.21. The summed E-state index contributed by atoms with van der Waals surface area (Å²) in [5, 5.41) is 3.48. The number of hydrogen-bond acceptors (Lipinski definition) is 4. The second-order valence-electron chi connectivity index (χ2n) is 7.52. The van der Waals surface area contributed by atoms with Crippen molar-refractivity contribution in [2.24, 2.45) is 11.8 Å². The topological polar surface area (TPSA) is 58.4 Å². The lowest BCUT2D eigenvalue weighted by Gasteiger charge is -2.20. The minimum Gasteiger partial charge on any atom is -0.440 e. The van der Waals surface area contributed by atoms with Gasteiger partial charge < -0.3 is 14.6 Å². The van der Waals surface area contributed by atoms with Crippen LogP contribution in [-0.2, 0) is 11.2 Å². The molecule has 2 atom stereocenters. The van der Waals surface area contributed by atoms with E-state index in [4.69, 9.17) is 4.42 Å². The third-order valence-electron chi connectivity index (χ3n) is 5.80. The Labute approximate surface area is 154 Å². The van der Waals surface area contributed by atoms with E-state index in [1.807, 2.05) is 42.2 Å². The van der Waals surface area contributed by atoms with E-state index in [1.165, 1.54) is 0 Å². The molecule has 3 heterocycles. The highest BCUT2D eigenvalue weighted by atomic mass is 16.4. The average molecular weight is 353 g/mol. The Bertz CT molecular complexity index is 742. The number of nitrogens with one attached hydrogen (secondary N) is 1. The Kier molecular flexibility index (Phi) is 5.07. The van der Waals surface area contributed by atoms with Crippen molar-refractivity contribution in [2.45, 2.75) is 32.6 Å². The van der Waals surface area contributed by atoms with Gasteiger partial charge in [0.25, 0.3) is 0 Å². The molecule has 1 amide bonds. The lowest BCUT2D eigenvalue weighted by Crippen LogP contribution is -2.32. The molecule has 0 saturated carbocycles. The number of hydrogen-bond donors (Lipinski definition) is 1. The van der Waals surface area contributed by atoms with Crippen molar-refractivity contribution in [1.82, 2.24) is 15.2 Å². The zero-order valence-corrected chi connectivity index (χ0v) is 15.4. The highest BCUT2D eigenvalue weighted by molar-refractivity contribution is 5.76. The van der Waals surface area contributed by atoms with E-state index in [2.05, 4.69) is 10.3 Å².